The highest BCUT2D eigenvalue weighted by Crippen LogP contribution is 1.79. The molecule has 2 N–H and O–H groups in total. The van der Waals surface area contributed by atoms with Crippen LogP contribution in [0, 0.1) is 0 Å². The molecule has 0 unspecified atom stereocenters. The lowest BCUT2D eigenvalue weighted by molar-refractivity contribution is -0.969. The number of hydrogen-bond donors (Lipinski definition) is 2. The SMILES string of the molecule is [N-]=[N+](O)O.c1ccccc1. The van der Waals surface area contributed by atoms with Gasteiger partial charge in [-0.3, -0.25) is 10.4 Å². The Labute approximate surface area is 58.4 Å². The van der Waals surface area contributed by atoms with Crippen LogP contribution in [-0.4, -0.2) is 15.4 Å². The van der Waals surface area contributed by atoms with Crippen LogP contribution in [0.4, 0.5) is 0 Å². The minimum atomic E-state index is -1.00. The molecule has 0 aromatic heterocycles. The Morgan fingerprint density at radius 3 is 1.00 bits per heavy atom. The lowest BCUT2D eigenvalue weighted by atomic mass is 10.4. The molecule has 1 aromatic rings. The Hall–Kier alpha value is -1.58. The van der Waals surface area contributed by atoms with Crippen molar-refractivity contribution in [2.75, 3.05) is 0 Å². The van der Waals surface area contributed by atoms with E-state index >= 15 is 0 Å². The van der Waals surface area contributed by atoms with Crippen LogP contribution in [0.25, 0.3) is 5.53 Å². The van der Waals surface area contributed by atoms with Crippen LogP contribution in [0.15, 0.2) is 36.4 Å². The minimum Gasteiger partial charge on any atom is -0.392 e. The number of hydrogen-bond acceptors (Lipinski definition) is 0. The highest BCUT2D eigenvalue weighted by molar-refractivity contribution is 4.99. The zero-order valence-corrected chi connectivity index (χ0v) is 5.25. The minimum absolute atomic E-state index is 1.00. The molecular formula is C6H8N2O2. The summed E-state index contributed by atoms with van der Waals surface area (Å²) in [5.74, 6) is 0. The van der Waals surface area contributed by atoms with Crippen molar-refractivity contribution in [1.29, 1.82) is 0 Å². The molecule has 0 spiro atoms. The van der Waals surface area contributed by atoms with E-state index in [-0.39, 0.29) is 0 Å². The lowest BCUT2D eigenvalue weighted by Crippen LogP contribution is -1.85. The molecule has 0 atom stereocenters. The van der Waals surface area contributed by atoms with Crippen LogP contribution in [0.5, 0.6) is 0 Å². The summed E-state index contributed by atoms with van der Waals surface area (Å²) in [7, 11) is 0. The Morgan fingerprint density at radius 2 is 0.900 bits per heavy atom. The van der Waals surface area contributed by atoms with Crippen LogP contribution >= 0.6 is 0 Å². The van der Waals surface area contributed by atoms with Gasteiger partial charge in [0, 0.05) is 0 Å². The van der Waals surface area contributed by atoms with Gasteiger partial charge in [-0.15, -0.1) is 0 Å². The van der Waals surface area contributed by atoms with E-state index in [9.17, 15) is 0 Å². The fourth-order valence-electron chi connectivity index (χ4n) is 0.385. The van der Waals surface area contributed by atoms with E-state index in [2.05, 4.69) is 0 Å². The molecule has 4 nitrogen and oxygen atoms in total. The highest BCUT2D eigenvalue weighted by Gasteiger charge is 1.57. The summed E-state index contributed by atoms with van der Waals surface area (Å²) in [4.78, 5) is 0. The number of rotatable bonds is 0. The van der Waals surface area contributed by atoms with Crippen molar-refractivity contribution in [3.63, 3.8) is 0 Å². The average Bonchev–Trinajstić information content (AvgIpc) is 1.90. The molecule has 1 rings (SSSR count). The zero-order chi connectivity index (χ0) is 7.82. The van der Waals surface area contributed by atoms with Gasteiger partial charge >= 0.3 is 0 Å². The van der Waals surface area contributed by atoms with Gasteiger partial charge in [-0.05, 0) is 0 Å². The predicted molar refractivity (Wildman–Crippen MR) is 33.6 cm³/mol. The zero-order valence-electron chi connectivity index (χ0n) is 5.25. The Balaban J connectivity index is 0.000000180. The Kier molecular flexibility index (Phi) is 4.68. The van der Waals surface area contributed by atoms with Crippen LogP contribution in [0.2, 0.25) is 0 Å². The van der Waals surface area contributed by atoms with Crippen LogP contribution < -0.4 is 0 Å². The topological polar surface area (TPSA) is 65.8 Å². The predicted octanol–water partition coefficient (Wildman–Crippen LogP) is 1.49. The third-order valence-electron chi connectivity index (χ3n) is 0.667. The van der Waals surface area contributed by atoms with Crippen LogP contribution in [0.3, 0.4) is 0 Å². The highest BCUT2D eigenvalue weighted by atomic mass is 16.8. The smallest absolute Gasteiger partial charge is 0.117 e. The van der Waals surface area contributed by atoms with Gasteiger partial charge in [0.2, 0.25) is 0 Å². The van der Waals surface area contributed by atoms with Crippen molar-refractivity contribution in [3.05, 3.63) is 41.9 Å². The molecule has 0 radical (unpaired) electrons. The molecule has 4 heteroatoms. The molecule has 0 heterocycles. The van der Waals surface area contributed by atoms with Gasteiger partial charge in [-0.25, -0.2) is 0 Å². The summed E-state index contributed by atoms with van der Waals surface area (Å²) in [6, 6.07) is 12.0. The fraction of sp³-hybridized carbons (Fsp3) is 0. The summed E-state index contributed by atoms with van der Waals surface area (Å²) in [6.45, 7) is 0. The van der Waals surface area contributed by atoms with Crippen LogP contribution in [-0.2, 0) is 0 Å². The van der Waals surface area contributed by atoms with Gasteiger partial charge in [0.15, 0.2) is 0 Å². The Bertz CT molecular complexity index is 146. The molecule has 54 valence electrons. The molecule has 0 aliphatic rings. The van der Waals surface area contributed by atoms with Crippen molar-refractivity contribution in [2.45, 2.75) is 0 Å². The maximum Gasteiger partial charge on any atom is 0.117 e. The second-order valence-corrected chi connectivity index (χ2v) is 1.42. The first-order chi connectivity index (χ1) is 4.73. The van der Waals surface area contributed by atoms with Gasteiger partial charge in [0.1, 0.15) is 5.02 Å². The lowest BCUT2D eigenvalue weighted by Gasteiger charge is -1.69. The summed E-state index contributed by atoms with van der Waals surface area (Å²) in [6.07, 6.45) is 0. The monoisotopic (exact) mass is 140 g/mol. The van der Waals surface area contributed by atoms with Crippen molar-refractivity contribution in [1.82, 2.24) is 0 Å². The number of nitrogens with zero attached hydrogens (tertiary/aromatic N) is 2. The standard InChI is InChI=1S/C6H6.H2N2O2/c1-2-4-6-5-3-1;1-2(3)4/h1-6H;3-4H. The van der Waals surface area contributed by atoms with E-state index in [1.165, 1.54) is 0 Å². The van der Waals surface area contributed by atoms with E-state index < -0.39 is 5.02 Å². The molecule has 10 heavy (non-hydrogen) atoms. The van der Waals surface area contributed by atoms with E-state index in [1.807, 2.05) is 36.4 Å². The molecule has 0 saturated carbocycles. The van der Waals surface area contributed by atoms with Gasteiger partial charge in [-0.2, -0.15) is 0 Å². The summed E-state index contributed by atoms with van der Waals surface area (Å²) < 4.78 is 0. The average molecular weight is 140 g/mol. The quantitative estimate of drug-likeness (QED) is 0.423. The molecule has 1 aromatic carbocycles. The second kappa shape index (κ2) is 5.55. The van der Waals surface area contributed by atoms with E-state index in [1.54, 1.807) is 0 Å². The van der Waals surface area contributed by atoms with Gasteiger partial charge < -0.3 is 5.53 Å². The normalized spacial score (nSPS) is 7.20. The first-order valence-electron chi connectivity index (χ1n) is 2.60. The summed E-state index contributed by atoms with van der Waals surface area (Å²) in [5.41, 5.74) is 7.00. The third-order valence-corrected chi connectivity index (χ3v) is 0.667. The largest absolute Gasteiger partial charge is 0.392 e. The maximum absolute atomic E-state index is 7.00. The first kappa shape index (κ1) is 8.42. The van der Waals surface area contributed by atoms with E-state index in [4.69, 9.17) is 15.9 Å². The molecule has 0 aliphatic carbocycles. The van der Waals surface area contributed by atoms with Crippen molar-refractivity contribution >= 4 is 0 Å². The van der Waals surface area contributed by atoms with Crippen molar-refractivity contribution in [2.24, 2.45) is 0 Å². The molecule has 0 bridgehead atoms. The molecule has 0 fully saturated rings. The number of benzene rings is 1. The van der Waals surface area contributed by atoms with Gasteiger partial charge in [-0.1, -0.05) is 36.4 Å². The van der Waals surface area contributed by atoms with Gasteiger partial charge in [0.05, 0.1) is 0 Å². The van der Waals surface area contributed by atoms with Crippen molar-refractivity contribution < 1.29 is 15.4 Å². The fourth-order valence-corrected chi connectivity index (χ4v) is 0.385. The molecule has 0 amide bonds. The maximum atomic E-state index is 7.00. The van der Waals surface area contributed by atoms with E-state index in [0.717, 1.165) is 0 Å². The molecule has 0 aliphatic heterocycles. The third kappa shape index (κ3) is 9.65. The summed E-state index contributed by atoms with van der Waals surface area (Å²) >= 11 is 0. The van der Waals surface area contributed by atoms with Gasteiger partial charge in [0.25, 0.3) is 0 Å². The summed E-state index contributed by atoms with van der Waals surface area (Å²) in [5, 5.41) is 13.0. The second-order valence-electron chi connectivity index (χ2n) is 1.42. The molecule has 0 saturated heterocycles. The van der Waals surface area contributed by atoms with Crippen LogP contribution in [0.1, 0.15) is 0 Å². The van der Waals surface area contributed by atoms with E-state index in [0.29, 0.717) is 0 Å². The molecular weight excluding hydrogens is 132 g/mol. The Morgan fingerprint density at radius 1 is 0.800 bits per heavy atom. The van der Waals surface area contributed by atoms with Crippen molar-refractivity contribution in [3.8, 4) is 0 Å². The first-order valence-corrected chi connectivity index (χ1v) is 2.60.